The second-order valence-electron chi connectivity index (χ2n) is 3.83. The van der Waals surface area contributed by atoms with Crippen LogP contribution in [0, 0.1) is 0 Å². The molecule has 2 aliphatic heterocycles. The molecule has 2 rings (SSSR count). The molecule has 0 aromatic carbocycles. The Labute approximate surface area is 93.9 Å². The van der Waals surface area contributed by atoms with Gasteiger partial charge in [0.1, 0.15) is 0 Å². The number of hydrogen-bond donors (Lipinski definition) is 0. The molecule has 80 valence electrons. The van der Waals surface area contributed by atoms with Gasteiger partial charge in [0.15, 0.2) is 0 Å². The Morgan fingerprint density at radius 1 is 1.60 bits per heavy atom. The highest BCUT2D eigenvalue weighted by atomic mass is 32.2. The molecule has 1 atom stereocenters. The summed E-state index contributed by atoms with van der Waals surface area (Å²) in [6.07, 6.45) is 4.07. The molecule has 0 bridgehead atoms. The molecular weight excluding hydrogens is 208 g/mol. The van der Waals surface area contributed by atoms with Crippen molar-refractivity contribution in [2.45, 2.75) is 12.2 Å². The van der Waals surface area contributed by atoms with Crippen molar-refractivity contribution >= 4 is 23.2 Å². The molecule has 1 amide bonds. The number of rotatable bonds is 1. The van der Waals surface area contributed by atoms with Gasteiger partial charge in [-0.2, -0.15) is 0 Å². The minimum Gasteiger partial charge on any atom is -0.338 e. The van der Waals surface area contributed by atoms with E-state index in [-0.39, 0.29) is 11.2 Å². The van der Waals surface area contributed by atoms with Crippen LogP contribution in [0.25, 0.3) is 0 Å². The molecule has 0 saturated heterocycles. The molecule has 3 nitrogen and oxygen atoms in total. The number of amides is 1. The van der Waals surface area contributed by atoms with Gasteiger partial charge in [0, 0.05) is 19.2 Å². The van der Waals surface area contributed by atoms with Crippen LogP contribution in [0.2, 0.25) is 0 Å². The normalized spacial score (nSPS) is 26.4. The standard InChI is InChI=1S/C11H14N2OS/c1-8-3-4-13(2)11(14)9(5-8)10-6-12-7-15-10/h3,5,7,10H,4,6H2,1-2H3. The van der Waals surface area contributed by atoms with Gasteiger partial charge in [0.2, 0.25) is 0 Å². The van der Waals surface area contributed by atoms with E-state index in [0.717, 1.165) is 17.7 Å². The predicted molar refractivity (Wildman–Crippen MR) is 64.2 cm³/mol. The van der Waals surface area contributed by atoms with Crippen molar-refractivity contribution in [1.82, 2.24) is 4.90 Å². The Balaban J connectivity index is 2.26. The minimum atomic E-state index is 0.131. The zero-order valence-electron chi connectivity index (χ0n) is 8.93. The van der Waals surface area contributed by atoms with Gasteiger partial charge in [-0.25, -0.2) is 0 Å². The first-order chi connectivity index (χ1) is 7.18. The fourth-order valence-corrected chi connectivity index (χ4v) is 2.46. The second-order valence-corrected chi connectivity index (χ2v) is 4.88. The Bertz CT molecular complexity index is 363. The summed E-state index contributed by atoms with van der Waals surface area (Å²) < 4.78 is 0. The fourth-order valence-electron chi connectivity index (χ4n) is 1.65. The van der Waals surface area contributed by atoms with E-state index in [1.54, 1.807) is 16.7 Å². The summed E-state index contributed by atoms with van der Waals surface area (Å²) in [6, 6.07) is 0. The lowest BCUT2D eigenvalue weighted by Gasteiger charge is -2.18. The number of carbonyl (C=O) groups is 1. The number of aliphatic imine (C=N–C) groups is 1. The highest BCUT2D eigenvalue weighted by Crippen LogP contribution is 2.26. The van der Waals surface area contributed by atoms with E-state index in [1.165, 1.54) is 0 Å². The van der Waals surface area contributed by atoms with E-state index in [4.69, 9.17) is 0 Å². The van der Waals surface area contributed by atoms with Crippen molar-refractivity contribution in [3.63, 3.8) is 0 Å². The summed E-state index contributed by atoms with van der Waals surface area (Å²) in [5.41, 5.74) is 3.88. The van der Waals surface area contributed by atoms with Gasteiger partial charge >= 0.3 is 0 Å². The summed E-state index contributed by atoms with van der Waals surface area (Å²) in [7, 11) is 1.84. The van der Waals surface area contributed by atoms with E-state index in [0.29, 0.717) is 6.54 Å². The van der Waals surface area contributed by atoms with Crippen molar-refractivity contribution in [3.8, 4) is 0 Å². The van der Waals surface area contributed by atoms with Gasteiger partial charge < -0.3 is 4.90 Å². The number of nitrogens with zero attached hydrogens (tertiary/aromatic N) is 2. The molecule has 2 aliphatic rings. The summed E-state index contributed by atoms with van der Waals surface area (Å²) in [6.45, 7) is 3.46. The monoisotopic (exact) mass is 222 g/mol. The van der Waals surface area contributed by atoms with Crippen molar-refractivity contribution in [2.24, 2.45) is 4.99 Å². The Hall–Kier alpha value is -1.03. The van der Waals surface area contributed by atoms with E-state index in [2.05, 4.69) is 11.1 Å². The SMILES string of the molecule is CC1=CCN(C)C(=O)C(C2CN=CS2)=C1. The zero-order chi connectivity index (χ0) is 10.8. The molecule has 4 heteroatoms. The van der Waals surface area contributed by atoms with Gasteiger partial charge in [0.25, 0.3) is 5.91 Å². The van der Waals surface area contributed by atoms with Gasteiger partial charge in [-0.1, -0.05) is 11.6 Å². The molecule has 15 heavy (non-hydrogen) atoms. The van der Waals surface area contributed by atoms with Crippen LogP contribution in [0.15, 0.2) is 28.3 Å². The third kappa shape index (κ3) is 2.15. The number of allylic oxidation sites excluding steroid dienone is 2. The Morgan fingerprint density at radius 3 is 3.07 bits per heavy atom. The van der Waals surface area contributed by atoms with E-state index in [9.17, 15) is 4.79 Å². The Morgan fingerprint density at radius 2 is 2.40 bits per heavy atom. The smallest absolute Gasteiger partial charge is 0.251 e. The maximum absolute atomic E-state index is 12.0. The van der Waals surface area contributed by atoms with Gasteiger partial charge in [-0.05, 0) is 13.0 Å². The molecule has 0 aliphatic carbocycles. The molecule has 0 aromatic rings. The van der Waals surface area contributed by atoms with Gasteiger partial charge in [0.05, 0.1) is 17.3 Å². The first-order valence-electron chi connectivity index (χ1n) is 4.96. The molecule has 0 radical (unpaired) electrons. The molecule has 0 saturated carbocycles. The molecule has 1 unspecified atom stereocenters. The molecular formula is C11H14N2OS. The van der Waals surface area contributed by atoms with E-state index >= 15 is 0 Å². The van der Waals surface area contributed by atoms with Crippen molar-refractivity contribution < 1.29 is 4.79 Å². The number of thioether (sulfide) groups is 1. The maximum Gasteiger partial charge on any atom is 0.251 e. The maximum atomic E-state index is 12.0. The highest BCUT2D eigenvalue weighted by Gasteiger charge is 2.26. The Kier molecular flexibility index (Phi) is 2.95. The summed E-state index contributed by atoms with van der Waals surface area (Å²) in [4.78, 5) is 17.9. The van der Waals surface area contributed by atoms with Crippen molar-refractivity contribution in [2.75, 3.05) is 20.1 Å². The third-order valence-corrected chi connectivity index (χ3v) is 3.58. The number of hydrogen-bond acceptors (Lipinski definition) is 3. The quantitative estimate of drug-likeness (QED) is 0.673. The summed E-state index contributed by atoms with van der Waals surface area (Å²) in [5.74, 6) is 0.131. The molecule has 0 spiro atoms. The first kappa shape index (κ1) is 10.5. The number of likely N-dealkylation sites (N-methyl/N-ethyl adjacent to an activating group) is 1. The number of carbonyl (C=O) groups excluding carboxylic acids is 1. The van der Waals surface area contributed by atoms with Crippen molar-refractivity contribution in [1.29, 1.82) is 0 Å². The predicted octanol–water partition coefficient (Wildman–Crippen LogP) is 1.47. The van der Waals surface area contributed by atoms with Crippen LogP contribution in [0.3, 0.4) is 0 Å². The lowest BCUT2D eigenvalue weighted by Crippen LogP contribution is -2.31. The zero-order valence-corrected chi connectivity index (χ0v) is 9.75. The fraction of sp³-hybridized carbons (Fsp3) is 0.455. The van der Waals surface area contributed by atoms with Crippen LogP contribution in [0.5, 0.6) is 0 Å². The van der Waals surface area contributed by atoms with Crippen LogP contribution < -0.4 is 0 Å². The molecule has 2 heterocycles. The molecule has 0 aromatic heterocycles. The minimum absolute atomic E-state index is 0.131. The molecule has 0 fully saturated rings. The van der Waals surface area contributed by atoms with E-state index < -0.39 is 0 Å². The summed E-state index contributed by atoms with van der Waals surface area (Å²) >= 11 is 1.63. The van der Waals surface area contributed by atoms with Gasteiger partial charge in [-0.15, -0.1) is 11.8 Å². The topological polar surface area (TPSA) is 32.7 Å². The molecule has 0 N–H and O–H groups in total. The second kappa shape index (κ2) is 4.23. The largest absolute Gasteiger partial charge is 0.338 e. The average molecular weight is 222 g/mol. The van der Waals surface area contributed by atoms with Crippen LogP contribution in [0.4, 0.5) is 0 Å². The van der Waals surface area contributed by atoms with Gasteiger partial charge in [-0.3, -0.25) is 9.79 Å². The lowest BCUT2D eigenvalue weighted by molar-refractivity contribution is -0.125. The van der Waals surface area contributed by atoms with Crippen LogP contribution in [0.1, 0.15) is 6.92 Å². The van der Waals surface area contributed by atoms with Crippen LogP contribution >= 0.6 is 11.8 Å². The van der Waals surface area contributed by atoms with Crippen molar-refractivity contribution in [3.05, 3.63) is 23.3 Å². The first-order valence-corrected chi connectivity index (χ1v) is 5.90. The highest BCUT2D eigenvalue weighted by molar-refractivity contribution is 8.13. The lowest BCUT2D eigenvalue weighted by atomic mass is 10.1. The van der Waals surface area contributed by atoms with Crippen LogP contribution in [-0.2, 0) is 4.79 Å². The third-order valence-electron chi connectivity index (χ3n) is 2.58. The summed E-state index contributed by atoms with van der Waals surface area (Å²) in [5, 5.41) is 0.210. The average Bonchev–Trinajstić information content (AvgIpc) is 2.70. The van der Waals surface area contributed by atoms with E-state index in [1.807, 2.05) is 25.6 Å². The van der Waals surface area contributed by atoms with Crippen LogP contribution in [-0.4, -0.2) is 41.7 Å².